The van der Waals surface area contributed by atoms with E-state index >= 15 is 0 Å². The SMILES string of the molecule is [C-]#[N+]c1ccc(Oc2cc(F)c(CC(=O)OC)cc2Cl)c(Br)c1. The number of ether oxygens (including phenoxy) is 2. The van der Waals surface area contributed by atoms with Crippen molar-refractivity contribution < 1.29 is 18.7 Å². The monoisotopic (exact) mass is 397 g/mol. The van der Waals surface area contributed by atoms with Crippen LogP contribution in [0.2, 0.25) is 5.02 Å². The van der Waals surface area contributed by atoms with Gasteiger partial charge in [0.05, 0.1) is 25.1 Å². The lowest BCUT2D eigenvalue weighted by Crippen LogP contribution is -2.06. The van der Waals surface area contributed by atoms with Gasteiger partial charge in [-0.15, -0.1) is 0 Å². The van der Waals surface area contributed by atoms with Crippen molar-refractivity contribution in [3.63, 3.8) is 0 Å². The topological polar surface area (TPSA) is 39.9 Å². The van der Waals surface area contributed by atoms with Gasteiger partial charge in [0.1, 0.15) is 17.3 Å². The standard InChI is InChI=1S/C16H10BrClFNO3/c1-20-10-3-4-14(11(17)7-10)23-15-8-13(19)9(5-12(15)18)6-16(21)22-2/h3-5,7-8H,6H2,2H3. The second-order valence-electron chi connectivity index (χ2n) is 4.46. The van der Waals surface area contributed by atoms with Gasteiger partial charge < -0.3 is 9.47 Å². The van der Waals surface area contributed by atoms with Crippen molar-refractivity contribution in [3.8, 4) is 11.5 Å². The van der Waals surface area contributed by atoms with Gasteiger partial charge in [0.25, 0.3) is 0 Å². The van der Waals surface area contributed by atoms with Crippen molar-refractivity contribution in [3.05, 3.63) is 62.6 Å². The van der Waals surface area contributed by atoms with E-state index in [0.29, 0.717) is 15.9 Å². The van der Waals surface area contributed by atoms with Crippen LogP contribution in [-0.4, -0.2) is 13.1 Å². The van der Waals surface area contributed by atoms with Crippen LogP contribution in [0.15, 0.2) is 34.8 Å². The van der Waals surface area contributed by atoms with E-state index in [1.165, 1.54) is 13.2 Å². The maximum Gasteiger partial charge on any atom is 0.310 e. The van der Waals surface area contributed by atoms with E-state index in [1.54, 1.807) is 18.2 Å². The number of carbonyl (C=O) groups is 1. The fourth-order valence-electron chi connectivity index (χ4n) is 1.77. The van der Waals surface area contributed by atoms with Gasteiger partial charge in [0.15, 0.2) is 5.69 Å². The Hall–Kier alpha value is -2.10. The van der Waals surface area contributed by atoms with Crippen molar-refractivity contribution >= 4 is 39.2 Å². The van der Waals surface area contributed by atoms with Crippen molar-refractivity contribution in [1.29, 1.82) is 0 Å². The second-order valence-corrected chi connectivity index (χ2v) is 5.72. The number of hydrogen-bond donors (Lipinski definition) is 0. The summed E-state index contributed by atoms with van der Waals surface area (Å²) in [4.78, 5) is 14.5. The first-order valence-electron chi connectivity index (χ1n) is 6.34. The number of methoxy groups -OCH3 is 1. The number of rotatable bonds is 4. The zero-order valence-electron chi connectivity index (χ0n) is 11.9. The Labute approximate surface area is 145 Å². The van der Waals surface area contributed by atoms with E-state index in [4.69, 9.17) is 22.9 Å². The molecule has 0 amide bonds. The minimum atomic E-state index is -0.622. The van der Waals surface area contributed by atoms with Crippen LogP contribution in [-0.2, 0) is 16.0 Å². The highest BCUT2D eigenvalue weighted by Gasteiger charge is 2.14. The third-order valence-electron chi connectivity index (χ3n) is 2.93. The number of benzene rings is 2. The predicted octanol–water partition coefficient (Wildman–Crippen LogP) is 5.30. The Morgan fingerprint density at radius 3 is 2.70 bits per heavy atom. The normalized spacial score (nSPS) is 10.0. The molecule has 0 heterocycles. The molecule has 0 radical (unpaired) electrons. The molecule has 0 fully saturated rings. The molecule has 2 aromatic carbocycles. The minimum Gasteiger partial charge on any atom is -0.469 e. The molecule has 0 spiro atoms. The van der Waals surface area contributed by atoms with Crippen LogP contribution in [0.1, 0.15) is 5.56 Å². The summed E-state index contributed by atoms with van der Waals surface area (Å²) in [5, 5.41) is 0.159. The molecule has 23 heavy (non-hydrogen) atoms. The first-order chi connectivity index (χ1) is 10.9. The molecule has 0 atom stereocenters. The van der Waals surface area contributed by atoms with E-state index in [9.17, 15) is 9.18 Å². The summed E-state index contributed by atoms with van der Waals surface area (Å²) in [6.07, 6.45) is -0.217. The minimum absolute atomic E-state index is 0.106. The van der Waals surface area contributed by atoms with Crippen molar-refractivity contribution in [2.75, 3.05) is 7.11 Å². The van der Waals surface area contributed by atoms with E-state index in [2.05, 4.69) is 25.5 Å². The third kappa shape index (κ3) is 4.21. The Morgan fingerprint density at radius 2 is 2.09 bits per heavy atom. The molecular formula is C16H10BrClFNO3. The molecule has 0 aliphatic heterocycles. The van der Waals surface area contributed by atoms with Crippen LogP contribution < -0.4 is 4.74 Å². The van der Waals surface area contributed by atoms with Crippen LogP contribution in [0.3, 0.4) is 0 Å². The smallest absolute Gasteiger partial charge is 0.310 e. The Balaban J connectivity index is 2.29. The summed E-state index contributed by atoms with van der Waals surface area (Å²) in [6.45, 7) is 6.94. The molecule has 118 valence electrons. The zero-order chi connectivity index (χ0) is 17.0. The lowest BCUT2D eigenvalue weighted by Gasteiger charge is -2.11. The van der Waals surface area contributed by atoms with Gasteiger partial charge in [0, 0.05) is 16.1 Å². The van der Waals surface area contributed by atoms with Crippen LogP contribution in [0.4, 0.5) is 10.1 Å². The first-order valence-corrected chi connectivity index (χ1v) is 7.51. The number of halogens is 3. The Morgan fingerprint density at radius 1 is 1.35 bits per heavy atom. The second kappa shape index (κ2) is 7.44. The van der Waals surface area contributed by atoms with Gasteiger partial charge in [-0.1, -0.05) is 17.7 Å². The molecule has 0 N–H and O–H groups in total. The zero-order valence-corrected chi connectivity index (χ0v) is 14.2. The fourth-order valence-corrected chi connectivity index (χ4v) is 2.44. The van der Waals surface area contributed by atoms with Gasteiger partial charge >= 0.3 is 5.97 Å². The summed E-state index contributed by atoms with van der Waals surface area (Å²) in [7, 11) is 1.23. The number of esters is 1. The highest BCUT2D eigenvalue weighted by molar-refractivity contribution is 9.10. The van der Waals surface area contributed by atoms with Gasteiger partial charge in [-0.25, -0.2) is 9.24 Å². The van der Waals surface area contributed by atoms with Gasteiger partial charge in [-0.2, -0.15) is 0 Å². The van der Waals surface area contributed by atoms with E-state index in [-0.39, 0.29) is 22.8 Å². The lowest BCUT2D eigenvalue weighted by molar-refractivity contribution is -0.139. The average molecular weight is 399 g/mol. The Bertz CT molecular complexity index is 805. The molecule has 4 nitrogen and oxygen atoms in total. The molecule has 0 saturated heterocycles. The third-order valence-corrected chi connectivity index (χ3v) is 3.84. The molecule has 0 aromatic heterocycles. The van der Waals surface area contributed by atoms with E-state index in [1.807, 2.05) is 0 Å². The molecule has 7 heteroatoms. The van der Waals surface area contributed by atoms with Gasteiger partial charge in [-0.3, -0.25) is 4.79 Å². The fraction of sp³-hybridized carbons (Fsp3) is 0.125. The van der Waals surface area contributed by atoms with Crippen LogP contribution in [0.25, 0.3) is 4.85 Å². The van der Waals surface area contributed by atoms with Crippen molar-refractivity contribution in [2.45, 2.75) is 6.42 Å². The first kappa shape index (κ1) is 17.3. The van der Waals surface area contributed by atoms with Gasteiger partial charge in [0.2, 0.25) is 0 Å². The summed E-state index contributed by atoms with van der Waals surface area (Å²) in [5.74, 6) is -0.691. The number of nitrogens with zero attached hydrogens (tertiary/aromatic N) is 1. The molecular weight excluding hydrogens is 389 g/mol. The molecule has 2 aromatic rings. The van der Waals surface area contributed by atoms with E-state index in [0.717, 1.165) is 6.07 Å². The van der Waals surface area contributed by atoms with Crippen LogP contribution >= 0.6 is 27.5 Å². The summed E-state index contributed by atoms with van der Waals surface area (Å²) >= 11 is 9.36. The maximum absolute atomic E-state index is 14.1. The highest BCUT2D eigenvalue weighted by atomic mass is 79.9. The van der Waals surface area contributed by atoms with Crippen molar-refractivity contribution in [2.24, 2.45) is 0 Å². The summed E-state index contributed by atoms with van der Waals surface area (Å²) in [5.41, 5.74) is 0.562. The van der Waals surface area contributed by atoms with Crippen molar-refractivity contribution in [1.82, 2.24) is 0 Å². The lowest BCUT2D eigenvalue weighted by atomic mass is 10.1. The quantitative estimate of drug-likeness (QED) is 0.518. The van der Waals surface area contributed by atoms with Crippen LogP contribution in [0, 0.1) is 12.4 Å². The number of carbonyl (C=O) groups excluding carboxylic acids is 1. The average Bonchev–Trinajstić information content (AvgIpc) is 2.53. The van der Waals surface area contributed by atoms with Crippen LogP contribution in [0.5, 0.6) is 11.5 Å². The number of hydrogen-bond acceptors (Lipinski definition) is 3. The highest BCUT2D eigenvalue weighted by Crippen LogP contribution is 2.37. The Kier molecular flexibility index (Phi) is 5.59. The summed E-state index contributed by atoms with van der Waals surface area (Å²) < 4.78 is 24.7. The molecule has 0 saturated carbocycles. The molecule has 2 rings (SSSR count). The van der Waals surface area contributed by atoms with Gasteiger partial charge in [-0.05, 0) is 34.1 Å². The molecule has 0 bridgehead atoms. The largest absolute Gasteiger partial charge is 0.469 e. The summed E-state index contributed by atoms with van der Waals surface area (Å²) in [6, 6.07) is 7.16. The predicted molar refractivity (Wildman–Crippen MR) is 87.6 cm³/mol. The maximum atomic E-state index is 14.1. The molecule has 0 aliphatic carbocycles. The molecule has 0 unspecified atom stereocenters. The molecule has 0 aliphatic rings. The van der Waals surface area contributed by atoms with E-state index < -0.39 is 11.8 Å².